The molecule has 2 aliphatic carbocycles. The van der Waals surface area contributed by atoms with Gasteiger partial charge in [0.2, 0.25) is 0 Å². The van der Waals surface area contributed by atoms with Gasteiger partial charge in [0.25, 0.3) is 0 Å². The molecule has 1 aliphatic heterocycles. The molecule has 0 bridgehead atoms. The smallest absolute Gasteiger partial charge is 0.159 e. The summed E-state index contributed by atoms with van der Waals surface area (Å²) in [4.78, 5) is 12.4. The molecule has 0 amide bonds. The van der Waals surface area contributed by atoms with Crippen molar-refractivity contribution in [1.29, 1.82) is 0 Å². The SMILES string of the molecule is C=C(CCC1CCCO1)C1=CC=C(C(=O)CCC2CCCC2)C1. The highest BCUT2D eigenvalue weighted by atomic mass is 16.5. The number of rotatable bonds is 8. The first-order chi connectivity index (χ1) is 11.2. The van der Waals surface area contributed by atoms with E-state index in [2.05, 4.69) is 12.7 Å². The van der Waals surface area contributed by atoms with Gasteiger partial charge in [0.05, 0.1) is 6.10 Å². The van der Waals surface area contributed by atoms with Gasteiger partial charge in [-0.3, -0.25) is 4.79 Å². The summed E-state index contributed by atoms with van der Waals surface area (Å²) in [6.45, 7) is 5.15. The average Bonchev–Trinajstić information content (AvgIpc) is 3.32. The number of hydrogen-bond donors (Lipinski definition) is 0. The molecular formula is C21H30O2. The van der Waals surface area contributed by atoms with Crippen LogP contribution in [0.3, 0.4) is 0 Å². The number of Topliss-reactive ketones (excluding diaryl/α,β-unsaturated/α-hetero) is 1. The van der Waals surface area contributed by atoms with E-state index in [1.165, 1.54) is 49.7 Å². The minimum atomic E-state index is 0.357. The molecule has 0 spiro atoms. The van der Waals surface area contributed by atoms with Crippen molar-refractivity contribution in [1.82, 2.24) is 0 Å². The maximum absolute atomic E-state index is 12.4. The van der Waals surface area contributed by atoms with E-state index in [0.717, 1.165) is 50.2 Å². The molecule has 0 N–H and O–H groups in total. The Morgan fingerprint density at radius 2 is 1.83 bits per heavy atom. The van der Waals surface area contributed by atoms with Crippen LogP contribution in [0, 0.1) is 5.92 Å². The van der Waals surface area contributed by atoms with Crippen LogP contribution in [0.25, 0.3) is 0 Å². The fourth-order valence-electron chi connectivity index (χ4n) is 4.12. The minimum Gasteiger partial charge on any atom is -0.378 e. The molecule has 0 aromatic rings. The summed E-state index contributed by atoms with van der Waals surface area (Å²) in [6.07, 6.45) is 17.0. The molecular weight excluding hydrogens is 284 g/mol. The second-order valence-electron chi connectivity index (χ2n) is 7.45. The van der Waals surface area contributed by atoms with E-state index in [4.69, 9.17) is 4.74 Å². The van der Waals surface area contributed by atoms with E-state index >= 15 is 0 Å². The zero-order valence-electron chi connectivity index (χ0n) is 14.3. The van der Waals surface area contributed by atoms with E-state index < -0.39 is 0 Å². The lowest BCUT2D eigenvalue weighted by molar-refractivity contribution is -0.115. The Kier molecular flexibility index (Phi) is 5.88. The standard InChI is InChI=1S/C21H30O2/c1-16(8-12-20-7-4-14-23-20)18-10-11-19(15-18)21(22)13-9-17-5-2-3-6-17/h10-11,17,20H,1-9,12-15H2. The summed E-state index contributed by atoms with van der Waals surface area (Å²) in [5.74, 6) is 1.16. The van der Waals surface area contributed by atoms with Crippen LogP contribution in [0.5, 0.6) is 0 Å². The van der Waals surface area contributed by atoms with E-state index in [0.29, 0.717) is 11.9 Å². The summed E-state index contributed by atoms with van der Waals surface area (Å²) in [6, 6.07) is 0. The van der Waals surface area contributed by atoms with Crippen LogP contribution in [-0.4, -0.2) is 18.5 Å². The number of carbonyl (C=O) groups is 1. The fourth-order valence-corrected chi connectivity index (χ4v) is 4.12. The largest absolute Gasteiger partial charge is 0.378 e. The molecule has 0 aromatic heterocycles. The van der Waals surface area contributed by atoms with Crippen LogP contribution < -0.4 is 0 Å². The number of ketones is 1. The Balaban J connectivity index is 1.37. The maximum Gasteiger partial charge on any atom is 0.159 e. The Labute approximate surface area is 140 Å². The lowest BCUT2D eigenvalue weighted by Gasteiger charge is -2.12. The molecule has 2 heteroatoms. The highest BCUT2D eigenvalue weighted by Crippen LogP contribution is 2.32. The van der Waals surface area contributed by atoms with Crippen LogP contribution in [-0.2, 0) is 9.53 Å². The molecule has 1 heterocycles. The summed E-state index contributed by atoms with van der Waals surface area (Å²) >= 11 is 0. The molecule has 1 saturated heterocycles. The first kappa shape index (κ1) is 16.7. The summed E-state index contributed by atoms with van der Waals surface area (Å²) in [5, 5.41) is 0. The maximum atomic E-state index is 12.4. The van der Waals surface area contributed by atoms with Crippen LogP contribution in [0.15, 0.2) is 35.5 Å². The number of ether oxygens (including phenoxy) is 1. The van der Waals surface area contributed by atoms with E-state index in [1.807, 2.05) is 6.08 Å². The van der Waals surface area contributed by atoms with Crippen LogP contribution in [0.2, 0.25) is 0 Å². The van der Waals surface area contributed by atoms with Gasteiger partial charge in [0, 0.05) is 19.4 Å². The fraction of sp³-hybridized carbons (Fsp3) is 0.667. The molecule has 2 fully saturated rings. The lowest BCUT2D eigenvalue weighted by Crippen LogP contribution is -2.06. The van der Waals surface area contributed by atoms with Crippen molar-refractivity contribution in [2.24, 2.45) is 5.92 Å². The van der Waals surface area contributed by atoms with E-state index in [9.17, 15) is 4.79 Å². The van der Waals surface area contributed by atoms with Gasteiger partial charge >= 0.3 is 0 Å². The molecule has 3 aliphatic rings. The van der Waals surface area contributed by atoms with Crippen LogP contribution >= 0.6 is 0 Å². The summed E-state index contributed by atoms with van der Waals surface area (Å²) in [7, 11) is 0. The van der Waals surface area contributed by atoms with Gasteiger partial charge in [-0.2, -0.15) is 0 Å². The summed E-state index contributed by atoms with van der Waals surface area (Å²) < 4.78 is 5.68. The molecule has 126 valence electrons. The monoisotopic (exact) mass is 314 g/mol. The molecule has 0 aromatic carbocycles. The zero-order valence-corrected chi connectivity index (χ0v) is 14.3. The van der Waals surface area contributed by atoms with E-state index in [1.54, 1.807) is 0 Å². The molecule has 1 saturated carbocycles. The number of carbonyl (C=O) groups excluding carboxylic acids is 1. The second-order valence-corrected chi connectivity index (χ2v) is 7.45. The first-order valence-electron chi connectivity index (χ1n) is 9.45. The van der Waals surface area contributed by atoms with Crippen molar-refractivity contribution in [3.63, 3.8) is 0 Å². The third-order valence-corrected chi connectivity index (χ3v) is 5.73. The van der Waals surface area contributed by atoms with Gasteiger partial charge in [-0.15, -0.1) is 0 Å². The predicted octanol–water partition coefficient (Wildman–Crippen LogP) is 5.30. The average molecular weight is 314 g/mol. The van der Waals surface area contributed by atoms with Crippen molar-refractivity contribution in [2.45, 2.75) is 76.7 Å². The van der Waals surface area contributed by atoms with Crippen molar-refractivity contribution >= 4 is 5.78 Å². The highest BCUT2D eigenvalue weighted by molar-refractivity contribution is 5.97. The molecule has 2 nitrogen and oxygen atoms in total. The number of hydrogen-bond acceptors (Lipinski definition) is 2. The zero-order chi connectivity index (χ0) is 16.1. The Morgan fingerprint density at radius 1 is 1.04 bits per heavy atom. The quantitative estimate of drug-likeness (QED) is 0.608. The second kappa shape index (κ2) is 8.10. The van der Waals surface area contributed by atoms with Gasteiger partial charge in [-0.1, -0.05) is 50.0 Å². The minimum absolute atomic E-state index is 0.357. The third-order valence-electron chi connectivity index (χ3n) is 5.73. The van der Waals surface area contributed by atoms with Crippen molar-refractivity contribution < 1.29 is 9.53 Å². The first-order valence-corrected chi connectivity index (χ1v) is 9.45. The Morgan fingerprint density at radius 3 is 2.57 bits per heavy atom. The molecule has 23 heavy (non-hydrogen) atoms. The molecule has 1 unspecified atom stereocenters. The van der Waals surface area contributed by atoms with Crippen LogP contribution in [0.1, 0.15) is 70.6 Å². The molecule has 0 radical (unpaired) electrons. The lowest BCUT2D eigenvalue weighted by atomic mass is 9.94. The van der Waals surface area contributed by atoms with Gasteiger partial charge in [0.1, 0.15) is 0 Å². The molecule has 1 atom stereocenters. The third kappa shape index (κ3) is 4.67. The highest BCUT2D eigenvalue weighted by Gasteiger charge is 2.21. The Hall–Kier alpha value is -1.15. The van der Waals surface area contributed by atoms with Gasteiger partial charge < -0.3 is 4.74 Å². The predicted molar refractivity (Wildman–Crippen MR) is 94.3 cm³/mol. The molecule has 3 rings (SSSR count). The van der Waals surface area contributed by atoms with Crippen LogP contribution in [0.4, 0.5) is 0 Å². The van der Waals surface area contributed by atoms with Gasteiger partial charge in [-0.05, 0) is 49.2 Å². The van der Waals surface area contributed by atoms with Gasteiger partial charge in [-0.25, -0.2) is 0 Å². The van der Waals surface area contributed by atoms with Crippen molar-refractivity contribution in [3.05, 3.63) is 35.5 Å². The number of allylic oxidation sites excluding steroid dienone is 5. The summed E-state index contributed by atoms with van der Waals surface area (Å²) in [5.41, 5.74) is 3.44. The topological polar surface area (TPSA) is 26.3 Å². The van der Waals surface area contributed by atoms with Crippen molar-refractivity contribution in [2.75, 3.05) is 6.61 Å². The van der Waals surface area contributed by atoms with E-state index in [-0.39, 0.29) is 0 Å². The van der Waals surface area contributed by atoms with Gasteiger partial charge in [0.15, 0.2) is 5.78 Å². The Bertz CT molecular complexity index is 454. The van der Waals surface area contributed by atoms with Crippen molar-refractivity contribution in [3.8, 4) is 0 Å². The normalized spacial score (nSPS) is 24.8.